The molecule has 0 aromatic heterocycles. The summed E-state index contributed by atoms with van der Waals surface area (Å²) in [6.07, 6.45) is 0.153. The molecule has 1 aromatic rings. The minimum absolute atomic E-state index is 0.153. The molecule has 92 valence electrons. The molecule has 2 N–H and O–H groups in total. The lowest BCUT2D eigenvalue weighted by Crippen LogP contribution is -2.14. The van der Waals surface area contributed by atoms with Gasteiger partial charge in [-0.25, -0.2) is 0 Å². The third kappa shape index (κ3) is 3.87. The van der Waals surface area contributed by atoms with Crippen LogP contribution in [-0.4, -0.2) is 24.7 Å². The van der Waals surface area contributed by atoms with Crippen molar-refractivity contribution in [3.8, 4) is 5.75 Å². The molecule has 4 nitrogen and oxygen atoms in total. The monoisotopic (exact) mass is 273 g/mol. The second-order valence-electron chi connectivity index (χ2n) is 3.15. The van der Waals surface area contributed by atoms with Gasteiger partial charge in [0.15, 0.2) is 0 Å². The summed E-state index contributed by atoms with van der Waals surface area (Å²) < 4.78 is 9.89. The number of methoxy groups -OCH3 is 1. The standard InChI is InChI=1S/C11H12ClNO3S/c1-15-9(14)5-6-16-8-4-2-3-7(12)10(8)11(13)17/h2-4H,5-6H2,1H3,(H2,13,17). The minimum atomic E-state index is -0.344. The van der Waals surface area contributed by atoms with Gasteiger partial charge in [-0.1, -0.05) is 29.9 Å². The minimum Gasteiger partial charge on any atom is -0.492 e. The van der Waals surface area contributed by atoms with Gasteiger partial charge in [-0.3, -0.25) is 4.79 Å². The van der Waals surface area contributed by atoms with Crippen molar-refractivity contribution in [1.82, 2.24) is 0 Å². The Morgan fingerprint density at radius 3 is 2.82 bits per heavy atom. The van der Waals surface area contributed by atoms with E-state index in [1.807, 2.05) is 0 Å². The van der Waals surface area contributed by atoms with Crippen molar-refractivity contribution in [3.63, 3.8) is 0 Å². The van der Waals surface area contributed by atoms with E-state index in [-0.39, 0.29) is 24.0 Å². The maximum atomic E-state index is 10.9. The first-order valence-corrected chi connectivity index (χ1v) is 5.62. The predicted octanol–water partition coefficient (Wildman–Crippen LogP) is 1.92. The van der Waals surface area contributed by atoms with Gasteiger partial charge in [0.25, 0.3) is 0 Å². The van der Waals surface area contributed by atoms with Crippen molar-refractivity contribution in [2.45, 2.75) is 6.42 Å². The third-order valence-electron chi connectivity index (χ3n) is 2.01. The van der Waals surface area contributed by atoms with Gasteiger partial charge in [0.1, 0.15) is 10.7 Å². The molecule has 0 aliphatic rings. The van der Waals surface area contributed by atoms with Crippen molar-refractivity contribution in [2.75, 3.05) is 13.7 Å². The number of nitrogens with two attached hydrogens (primary N) is 1. The molecule has 1 aromatic carbocycles. The topological polar surface area (TPSA) is 61.5 Å². The van der Waals surface area contributed by atoms with Crippen LogP contribution >= 0.6 is 23.8 Å². The van der Waals surface area contributed by atoms with Gasteiger partial charge >= 0.3 is 5.97 Å². The van der Waals surface area contributed by atoms with Crippen LogP contribution in [0, 0.1) is 0 Å². The van der Waals surface area contributed by atoms with Gasteiger partial charge in [-0.2, -0.15) is 0 Å². The quantitative estimate of drug-likeness (QED) is 0.656. The summed E-state index contributed by atoms with van der Waals surface area (Å²) in [5.74, 6) is 0.123. The highest BCUT2D eigenvalue weighted by molar-refractivity contribution is 7.80. The highest BCUT2D eigenvalue weighted by atomic mass is 35.5. The Hall–Kier alpha value is -1.33. The molecule has 0 saturated carbocycles. The van der Waals surface area contributed by atoms with Crippen molar-refractivity contribution < 1.29 is 14.3 Å². The largest absolute Gasteiger partial charge is 0.492 e. The fourth-order valence-corrected chi connectivity index (χ4v) is 1.74. The molecule has 6 heteroatoms. The first kappa shape index (κ1) is 13.7. The molecule has 0 saturated heterocycles. The lowest BCUT2D eigenvalue weighted by molar-refractivity contribution is -0.141. The number of halogens is 1. The van der Waals surface area contributed by atoms with E-state index in [9.17, 15) is 4.79 Å². The number of hydrogen-bond donors (Lipinski definition) is 1. The highest BCUT2D eigenvalue weighted by Gasteiger charge is 2.11. The van der Waals surface area contributed by atoms with Crippen molar-refractivity contribution in [1.29, 1.82) is 0 Å². The number of thiocarbonyl (C=S) groups is 1. The zero-order valence-electron chi connectivity index (χ0n) is 9.23. The molecule has 0 heterocycles. The molecule has 0 spiro atoms. The molecule has 0 bridgehead atoms. The van der Waals surface area contributed by atoms with Gasteiger partial charge in [0, 0.05) is 0 Å². The Balaban J connectivity index is 2.74. The van der Waals surface area contributed by atoms with Gasteiger partial charge in [-0.05, 0) is 12.1 Å². The van der Waals surface area contributed by atoms with E-state index >= 15 is 0 Å². The number of carbonyl (C=O) groups excluding carboxylic acids is 1. The Bertz CT molecular complexity index is 437. The van der Waals surface area contributed by atoms with Crippen LogP contribution in [0.2, 0.25) is 5.02 Å². The van der Waals surface area contributed by atoms with Crippen LogP contribution in [0.3, 0.4) is 0 Å². The van der Waals surface area contributed by atoms with Crippen molar-refractivity contribution >= 4 is 34.8 Å². The van der Waals surface area contributed by atoms with E-state index in [2.05, 4.69) is 4.74 Å². The molecule has 0 fully saturated rings. The summed E-state index contributed by atoms with van der Waals surface area (Å²) >= 11 is 10.8. The van der Waals surface area contributed by atoms with Crippen LogP contribution in [-0.2, 0) is 9.53 Å². The molecular formula is C11H12ClNO3S. The maximum absolute atomic E-state index is 10.9. The molecule has 1 rings (SSSR count). The second-order valence-corrected chi connectivity index (χ2v) is 4.00. The molecule has 0 amide bonds. The van der Waals surface area contributed by atoms with E-state index in [0.717, 1.165) is 0 Å². The first-order valence-electron chi connectivity index (χ1n) is 4.84. The number of ether oxygens (including phenoxy) is 2. The number of carbonyl (C=O) groups is 1. The molecule has 0 atom stereocenters. The molecule has 17 heavy (non-hydrogen) atoms. The summed E-state index contributed by atoms with van der Waals surface area (Å²) in [7, 11) is 1.32. The smallest absolute Gasteiger partial charge is 0.308 e. The third-order valence-corrected chi connectivity index (χ3v) is 2.53. The fourth-order valence-electron chi connectivity index (χ4n) is 1.21. The highest BCUT2D eigenvalue weighted by Crippen LogP contribution is 2.26. The number of hydrogen-bond acceptors (Lipinski definition) is 4. The average Bonchev–Trinajstić information content (AvgIpc) is 2.28. The Morgan fingerprint density at radius 1 is 1.53 bits per heavy atom. The van der Waals surface area contributed by atoms with Gasteiger partial charge in [0.2, 0.25) is 0 Å². The Morgan fingerprint density at radius 2 is 2.24 bits per heavy atom. The summed E-state index contributed by atoms with van der Waals surface area (Å²) in [4.78, 5) is 11.1. The van der Waals surface area contributed by atoms with Crippen LogP contribution in [0.4, 0.5) is 0 Å². The van der Waals surface area contributed by atoms with E-state index in [1.165, 1.54) is 7.11 Å². The number of rotatable bonds is 5. The summed E-state index contributed by atoms with van der Waals surface area (Å²) in [6.45, 7) is 0.183. The zero-order chi connectivity index (χ0) is 12.8. The Kier molecular flexibility index (Phi) is 5.18. The predicted molar refractivity (Wildman–Crippen MR) is 69.5 cm³/mol. The zero-order valence-corrected chi connectivity index (χ0v) is 10.8. The normalized spacial score (nSPS) is 9.76. The average molecular weight is 274 g/mol. The first-order chi connectivity index (χ1) is 8.06. The SMILES string of the molecule is COC(=O)CCOc1cccc(Cl)c1C(N)=S. The molecule has 0 radical (unpaired) electrons. The van der Waals surface area contributed by atoms with Crippen LogP contribution in [0.5, 0.6) is 5.75 Å². The summed E-state index contributed by atoms with van der Waals surface area (Å²) in [5, 5.41) is 0.424. The van der Waals surface area contributed by atoms with Crippen LogP contribution in [0.25, 0.3) is 0 Å². The molecule has 0 aliphatic carbocycles. The van der Waals surface area contributed by atoms with Gasteiger partial charge in [0.05, 0.1) is 30.7 Å². The van der Waals surface area contributed by atoms with Crippen LogP contribution in [0.1, 0.15) is 12.0 Å². The van der Waals surface area contributed by atoms with Crippen molar-refractivity contribution in [3.05, 3.63) is 28.8 Å². The lowest BCUT2D eigenvalue weighted by atomic mass is 10.2. The summed E-state index contributed by atoms with van der Waals surface area (Å²) in [6, 6.07) is 5.08. The van der Waals surface area contributed by atoms with Crippen LogP contribution < -0.4 is 10.5 Å². The van der Waals surface area contributed by atoms with Crippen molar-refractivity contribution in [2.24, 2.45) is 5.73 Å². The van der Waals surface area contributed by atoms with Gasteiger partial charge < -0.3 is 15.2 Å². The van der Waals surface area contributed by atoms with E-state index in [0.29, 0.717) is 16.3 Å². The lowest BCUT2D eigenvalue weighted by Gasteiger charge is -2.11. The fraction of sp³-hybridized carbons (Fsp3) is 0.273. The summed E-state index contributed by atoms with van der Waals surface area (Å²) in [5.41, 5.74) is 6.03. The van der Waals surface area contributed by atoms with E-state index in [1.54, 1.807) is 18.2 Å². The Labute approximate surface area is 110 Å². The molecule has 0 unspecified atom stereocenters. The maximum Gasteiger partial charge on any atom is 0.308 e. The van der Waals surface area contributed by atoms with E-state index in [4.69, 9.17) is 34.3 Å². The van der Waals surface area contributed by atoms with Crippen LogP contribution in [0.15, 0.2) is 18.2 Å². The second kappa shape index (κ2) is 6.42. The van der Waals surface area contributed by atoms with Gasteiger partial charge in [-0.15, -0.1) is 0 Å². The number of esters is 1. The van der Waals surface area contributed by atoms with E-state index < -0.39 is 0 Å². The molecular weight excluding hydrogens is 262 g/mol. The number of benzene rings is 1. The molecule has 0 aliphatic heterocycles.